The van der Waals surface area contributed by atoms with E-state index in [1.54, 1.807) is 18.2 Å². The Labute approximate surface area is 137 Å². The van der Waals surface area contributed by atoms with Crippen molar-refractivity contribution in [2.75, 3.05) is 6.35 Å². The summed E-state index contributed by atoms with van der Waals surface area (Å²) >= 11 is 0. The Bertz CT molecular complexity index is 761. The van der Waals surface area contributed by atoms with Gasteiger partial charge in [-0.1, -0.05) is 30.3 Å². The van der Waals surface area contributed by atoms with Crippen LogP contribution in [0.15, 0.2) is 54.6 Å². The van der Waals surface area contributed by atoms with Gasteiger partial charge in [-0.05, 0) is 17.7 Å². The smallest absolute Gasteiger partial charge is 0.413 e. The molecule has 2 aromatic rings. The van der Waals surface area contributed by atoms with Gasteiger partial charge in [0.25, 0.3) is 5.69 Å². The fourth-order valence-corrected chi connectivity index (χ4v) is 2.59. The molecule has 1 unspecified atom stereocenters. The standard InChI is InChI=1S/C15H14NO7P/c17-15(10-12-6-8-13(9-7-12)16(18)19)22-11-24(20,21)23-14-4-2-1-3-5-14/h1-9H,10-11H2,(H,20,21). The number of nitrogens with zero attached hydrogens (tertiary/aromatic N) is 1. The molecular weight excluding hydrogens is 337 g/mol. The van der Waals surface area contributed by atoms with Crippen LogP contribution in [0.5, 0.6) is 5.75 Å². The zero-order valence-electron chi connectivity index (χ0n) is 12.4. The molecule has 0 amide bonds. The maximum Gasteiger partial charge on any atom is 0.413 e. The summed E-state index contributed by atoms with van der Waals surface area (Å²) in [5, 5.41) is 10.5. The molecule has 0 aliphatic heterocycles. The molecule has 0 fully saturated rings. The van der Waals surface area contributed by atoms with Crippen molar-refractivity contribution in [2.24, 2.45) is 0 Å². The second-order valence-corrected chi connectivity index (χ2v) is 6.50. The van der Waals surface area contributed by atoms with Crippen molar-refractivity contribution >= 4 is 19.3 Å². The van der Waals surface area contributed by atoms with E-state index in [0.717, 1.165) is 0 Å². The van der Waals surface area contributed by atoms with Crippen LogP contribution < -0.4 is 4.52 Å². The van der Waals surface area contributed by atoms with Crippen LogP contribution in [-0.4, -0.2) is 22.1 Å². The van der Waals surface area contributed by atoms with Crippen molar-refractivity contribution in [3.05, 3.63) is 70.3 Å². The van der Waals surface area contributed by atoms with E-state index in [9.17, 15) is 24.4 Å². The van der Waals surface area contributed by atoms with E-state index in [0.29, 0.717) is 5.56 Å². The Kier molecular flexibility index (Phi) is 5.68. The first kappa shape index (κ1) is 17.7. The number of nitro groups is 1. The molecule has 0 aliphatic carbocycles. The lowest BCUT2D eigenvalue weighted by Crippen LogP contribution is -2.11. The fraction of sp³-hybridized carbons (Fsp3) is 0.133. The summed E-state index contributed by atoms with van der Waals surface area (Å²) in [5.41, 5.74) is 0.394. The van der Waals surface area contributed by atoms with Crippen molar-refractivity contribution in [2.45, 2.75) is 6.42 Å². The van der Waals surface area contributed by atoms with Crippen molar-refractivity contribution in [3.8, 4) is 5.75 Å². The van der Waals surface area contributed by atoms with Crippen molar-refractivity contribution in [1.82, 2.24) is 0 Å². The van der Waals surface area contributed by atoms with E-state index < -0.39 is 24.8 Å². The number of carbonyl (C=O) groups is 1. The van der Waals surface area contributed by atoms with Crippen LogP contribution in [0.25, 0.3) is 0 Å². The van der Waals surface area contributed by atoms with Crippen LogP contribution in [0.4, 0.5) is 5.69 Å². The predicted molar refractivity (Wildman–Crippen MR) is 84.7 cm³/mol. The highest BCUT2D eigenvalue weighted by molar-refractivity contribution is 7.53. The number of para-hydroxylation sites is 1. The lowest BCUT2D eigenvalue weighted by molar-refractivity contribution is -0.384. The lowest BCUT2D eigenvalue weighted by Gasteiger charge is -2.13. The van der Waals surface area contributed by atoms with Crippen LogP contribution in [0.2, 0.25) is 0 Å². The highest BCUT2D eigenvalue weighted by Crippen LogP contribution is 2.42. The Morgan fingerprint density at radius 1 is 1.12 bits per heavy atom. The van der Waals surface area contributed by atoms with Gasteiger partial charge in [-0.25, -0.2) is 4.57 Å². The minimum atomic E-state index is -4.13. The molecule has 2 rings (SSSR count). The van der Waals surface area contributed by atoms with Gasteiger partial charge in [0, 0.05) is 12.1 Å². The maximum atomic E-state index is 11.8. The lowest BCUT2D eigenvalue weighted by atomic mass is 10.1. The first-order chi connectivity index (χ1) is 11.4. The average Bonchev–Trinajstić information content (AvgIpc) is 2.54. The summed E-state index contributed by atoms with van der Waals surface area (Å²) in [6, 6.07) is 13.3. The zero-order valence-corrected chi connectivity index (χ0v) is 13.3. The molecule has 0 aromatic heterocycles. The third-order valence-electron chi connectivity index (χ3n) is 2.88. The summed E-state index contributed by atoms with van der Waals surface area (Å²) in [6.07, 6.45) is -0.961. The highest BCUT2D eigenvalue weighted by atomic mass is 31.2. The van der Waals surface area contributed by atoms with Gasteiger partial charge in [-0.2, -0.15) is 0 Å². The SMILES string of the molecule is O=C(Cc1ccc([N+](=O)[O-])cc1)OCP(=O)(O)Oc1ccccc1. The Hall–Kier alpha value is -2.70. The summed E-state index contributed by atoms with van der Waals surface area (Å²) in [5.74, 6) is -0.551. The molecule has 126 valence electrons. The van der Waals surface area contributed by atoms with Gasteiger partial charge in [0.2, 0.25) is 6.35 Å². The molecule has 0 spiro atoms. The molecule has 0 radical (unpaired) electrons. The molecule has 24 heavy (non-hydrogen) atoms. The van der Waals surface area contributed by atoms with Crippen LogP contribution >= 0.6 is 7.60 Å². The van der Waals surface area contributed by atoms with E-state index in [4.69, 9.17) is 9.26 Å². The number of hydrogen-bond acceptors (Lipinski definition) is 6. The monoisotopic (exact) mass is 351 g/mol. The number of benzene rings is 2. The Morgan fingerprint density at radius 2 is 1.75 bits per heavy atom. The molecule has 9 heteroatoms. The van der Waals surface area contributed by atoms with E-state index in [-0.39, 0.29) is 17.9 Å². The molecule has 0 aliphatic rings. The van der Waals surface area contributed by atoms with Gasteiger partial charge in [0.15, 0.2) is 0 Å². The number of non-ortho nitro benzene ring substituents is 1. The second-order valence-electron chi connectivity index (χ2n) is 4.79. The second kappa shape index (κ2) is 7.72. The number of ether oxygens (including phenoxy) is 1. The van der Waals surface area contributed by atoms with E-state index in [2.05, 4.69) is 0 Å². The van der Waals surface area contributed by atoms with Crippen LogP contribution in [0, 0.1) is 10.1 Å². The van der Waals surface area contributed by atoms with E-state index in [1.807, 2.05) is 0 Å². The molecule has 1 atom stereocenters. The van der Waals surface area contributed by atoms with E-state index in [1.165, 1.54) is 36.4 Å². The number of hydrogen-bond donors (Lipinski definition) is 1. The summed E-state index contributed by atoms with van der Waals surface area (Å²) in [6.45, 7) is 0. The third-order valence-corrected chi connectivity index (χ3v) is 3.83. The Morgan fingerprint density at radius 3 is 2.33 bits per heavy atom. The molecule has 0 saturated heterocycles. The topological polar surface area (TPSA) is 116 Å². The fourth-order valence-electron chi connectivity index (χ4n) is 1.78. The van der Waals surface area contributed by atoms with Crippen LogP contribution in [0.3, 0.4) is 0 Å². The van der Waals surface area contributed by atoms with Gasteiger partial charge in [0.05, 0.1) is 11.3 Å². The van der Waals surface area contributed by atoms with Crippen molar-refractivity contribution in [3.63, 3.8) is 0 Å². The Balaban J connectivity index is 1.86. The van der Waals surface area contributed by atoms with Gasteiger partial charge >= 0.3 is 13.6 Å². The van der Waals surface area contributed by atoms with Gasteiger partial charge < -0.3 is 14.2 Å². The summed E-state index contributed by atoms with van der Waals surface area (Å²) < 4.78 is 21.5. The van der Waals surface area contributed by atoms with Crippen molar-refractivity contribution < 1.29 is 28.4 Å². The minimum absolute atomic E-state index is 0.0942. The maximum absolute atomic E-state index is 11.8. The molecule has 0 saturated carbocycles. The van der Waals surface area contributed by atoms with Crippen molar-refractivity contribution in [1.29, 1.82) is 0 Å². The van der Waals surface area contributed by atoms with Crippen LogP contribution in [-0.2, 0) is 20.5 Å². The van der Waals surface area contributed by atoms with E-state index >= 15 is 0 Å². The molecule has 8 nitrogen and oxygen atoms in total. The average molecular weight is 351 g/mol. The predicted octanol–water partition coefficient (Wildman–Crippen LogP) is 2.90. The number of nitro benzene ring substituents is 1. The molecule has 2 aromatic carbocycles. The minimum Gasteiger partial charge on any atom is -0.451 e. The quantitative estimate of drug-likeness (QED) is 0.353. The zero-order chi connectivity index (χ0) is 17.6. The van der Waals surface area contributed by atoms with Gasteiger partial charge in [-0.3, -0.25) is 14.9 Å². The molecular formula is C15H14NO7P. The summed E-state index contributed by atoms with van der Waals surface area (Å²) in [7, 11) is -4.13. The molecule has 1 N–H and O–H groups in total. The number of esters is 1. The van der Waals surface area contributed by atoms with Gasteiger partial charge in [-0.15, -0.1) is 0 Å². The number of rotatable bonds is 7. The normalized spacial score (nSPS) is 12.9. The largest absolute Gasteiger partial charge is 0.451 e. The van der Waals surface area contributed by atoms with Gasteiger partial charge in [0.1, 0.15) is 5.75 Å². The number of carbonyl (C=O) groups excluding carboxylic acids is 1. The first-order valence-electron chi connectivity index (χ1n) is 6.81. The molecule has 0 bridgehead atoms. The first-order valence-corrected chi connectivity index (χ1v) is 8.57. The summed E-state index contributed by atoms with van der Waals surface area (Å²) in [4.78, 5) is 31.3. The molecule has 0 heterocycles. The third kappa shape index (κ3) is 5.49. The van der Waals surface area contributed by atoms with Crippen LogP contribution in [0.1, 0.15) is 5.56 Å². The highest BCUT2D eigenvalue weighted by Gasteiger charge is 2.23.